The van der Waals surface area contributed by atoms with E-state index in [1.54, 1.807) is 12.1 Å². The molecule has 2 aromatic carbocycles. The van der Waals surface area contributed by atoms with Gasteiger partial charge in [-0.15, -0.1) is 0 Å². The van der Waals surface area contributed by atoms with Gasteiger partial charge in [-0.25, -0.2) is 4.79 Å². The Hall–Kier alpha value is -2.29. The minimum Gasteiger partial charge on any atom is -0.496 e. The van der Waals surface area contributed by atoms with E-state index in [4.69, 9.17) is 9.84 Å². The SMILES string of the molecule is COc1ccc(CCc2cc[c]cc2)cc1C(=O)O. The number of carboxylic acid groups (broad SMARTS) is 1. The van der Waals surface area contributed by atoms with Crippen molar-refractivity contribution in [2.45, 2.75) is 12.8 Å². The maximum atomic E-state index is 11.1. The van der Waals surface area contributed by atoms with Crippen molar-refractivity contribution < 1.29 is 14.6 Å². The average molecular weight is 255 g/mol. The first-order valence-electron chi connectivity index (χ1n) is 6.06. The van der Waals surface area contributed by atoms with Crippen LogP contribution in [0.3, 0.4) is 0 Å². The maximum absolute atomic E-state index is 11.1. The summed E-state index contributed by atoms with van der Waals surface area (Å²) in [6, 6.07) is 16.1. The highest BCUT2D eigenvalue weighted by Gasteiger charge is 2.11. The van der Waals surface area contributed by atoms with E-state index in [2.05, 4.69) is 6.07 Å². The Morgan fingerprint density at radius 3 is 2.47 bits per heavy atom. The molecule has 0 aliphatic heterocycles. The van der Waals surface area contributed by atoms with Gasteiger partial charge in [0, 0.05) is 0 Å². The quantitative estimate of drug-likeness (QED) is 0.893. The molecule has 0 unspecified atom stereocenters. The van der Waals surface area contributed by atoms with Crippen LogP contribution in [0.2, 0.25) is 0 Å². The molecule has 0 heterocycles. The highest BCUT2D eigenvalue weighted by molar-refractivity contribution is 5.91. The van der Waals surface area contributed by atoms with Crippen LogP contribution >= 0.6 is 0 Å². The predicted octanol–water partition coefficient (Wildman–Crippen LogP) is 2.98. The van der Waals surface area contributed by atoms with E-state index in [9.17, 15) is 4.79 Å². The molecule has 0 aliphatic carbocycles. The fourth-order valence-electron chi connectivity index (χ4n) is 1.95. The standard InChI is InChI=1S/C16H15O3/c1-19-15-10-9-13(11-14(15)16(17)18)8-7-12-5-3-2-4-6-12/h3-6,9-11H,7-8H2,1H3,(H,17,18). The van der Waals surface area contributed by atoms with Gasteiger partial charge in [-0.05, 0) is 42.2 Å². The van der Waals surface area contributed by atoms with Crippen LogP contribution in [-0.2, 0) is 12.8 Å². The molecule has 0 bridgehead atoms. The summed E-state index contributed by atoms with van der Waals surface area (Å²) in [5.74, 6) is -0.571. The Labute approximate surface area is 112 Å². The summed E-state index contributed by atoms with van der Waals surface area (Å²) in [4.78, 5) is 11.1. The molecule has 0 saturated carbocycles. The molecule has 0 amide bonds. The smallest absolute Gasteiger partial charge is 0.339 e. The van der Waals surface area contributed by atoms with Crippen molar-refractivity contribution >= 4 is 5.97 Å². The molecule has 1 N–H and O–H groups in total. The van der Waals surface area contributed by atoms with Gasteiger partial charge in [0.25, 0.3) is 0 Å². The number of benzene rings is 2. The molecule has 1 radical (unpaired) electrons. The molecule has 0 saturated heterocycles. The molecular weight excluding hydrogens is 240 g/mol. The third-order valence-corrected chi connectivity index (χ3v) is 2.98. The number of methoxy groups -OCH3 is 1. The second-order valence-electron chi connectivity index (χ2n) is 4.25. The summed E-state index contributed by atoms with van der Waals surface area (Å²) < 4.78 is 5.04. The van der Waals surface area contributed by atoms with Gasteiger partial charge in [-0.2, -0.15) is 0 Å². The Bertz CT molecular complexity index is 561. The summed E-state index contributed by atoms with van der Waals surface area (Å²) in [5, 5.41) is 9.12. The van der Waals surface area contributed by atoms with Gasteiger partial charge in [-0.1, -0.05) is 30.3 Å². The molecule has 0 spiro atoms. The molecule has 97 valence electrons. The van der Waals surface area contributed by atoms with Gasteiger partial charge < -0.3 is 9.84 Å². The van der Waals surface area contributed by atoms with E-state index < -0.39 is 5.97 Å². The third-order valence-electron chi connectivity index (χ3n) is 2.98. The normalized spacial score (nSPS) is 10.2. The molecule has 0 aromatic heterocycles. The Kier molecular flexibility index (Phi) is 4.18. The number of rotatable bonds is 5. The van der Waals surface area contributed by atoms with Crippen LogP contribution in [-0.4, -0.2) is 18.2 Å². The van der Waals surface area contributed by atoms with E-state index in [1.165, 1.54) is 12.7 Å². The minimum absolute atomic E-state index is 0.210. The van der Waals surface area contributed by atoms with Crippen molar-refractivity contribution in [2.24, 2.45) is 0 Å². The minimum atomic E-state index is -0.965. The molecule has 0 aliphatic rings. The first kappa shape index (κ1) is 13.1. The zero-order chi connectivity index (χ0) is 13.7. The number of hydrogen-bond acceptors (Lipinski definition) is 2. The lowest BCUT2D eigenvalue weighted by Crippen LogP contribution is -2.02. The number of carboxylic acids is 1. The van der Waals surface area contributed by atoms with Gasteiger partial charge in [0.2, 0.25) is 0 Å². The number of ether oxygens (including phenoxy) is 1. The third kappa shape index (κ3) is 3.35. The van der Waals surface area contributed by atoms with Crippen molar-refractivity contribution in [1.29, 1.82) is 0 Å². The van der Waals surface area contributed by atoms with E-state index in [1.807, 2.05) is 30.3 Å². The van der Waals surface area contributed by atoms with Crippen LogP contribution in [0, 0.1) is 6.07 Å². The summed E-state index contributed by atoms with van der Waals surface area (Å²) in [5.41, 5.74) is 2.42. The first-order valence-corrected chi connectivity index (χ1v) is 6.06. The zero-order valence-corrected chi connectivity index (χ0v) is 10.7. The molecule has 2 rings (SSSR count). The van der Waals surface area contributed by atoms with Crippen molar-refractivity contribution in [3.05, 3.63) is 65.2 Å². The van der Waals surface area contributed by atoms with Crippen molar-refractivity contribution in [2.75, 3.05) is 7.11 Å². The Morgan fingerprint density at radius 1 is 1.16 bits per heavy atom. The van der Waals surface area contributed by atoms with E-state index in [-0.39, 0.29) is 5.56 Å². The summed E-state index contributed by atoms with van der Waals surface area (Å²) in [6.45, 7) is 0. The largest absolute Gasteiger partial charge is 0.496 e. The number of aryl methyl sites for hydroxylation is 2. The van der Waals surface area contributed by atoms with Crippen molar-refractivity contribution in [3.8, 4) is 5.75 Å². The summed E-state index contributed by atoms with van der Waals surface area (Å²) >= 11 is 0. The fourth-order valence-corrected chi connectivity index (χ4v) is 1.95. The highest BCUT2D eigenvalue weighted by atomic mass is 16.5. The lowest BCUT2D eigenvalue weighted by Gasteiger charge is -2.07. The van der Waals surface area contributed by atoms with Gasteiger partial charge >= 0.3 is 5.97 Å². The predicted molar refractivity (Wildman–Crippen MR) is 72.6 cm³/mol. The molecule has 0 atom stereocenters. The number of carbonyl (C=O) groups is 1. The molecular formula is C16H15O3. The molecule has 2 aromatic rings. The maximum Gasteiger partial charge on any atom is 0.339 e. The number of aromatic carboxylic acids is 1. The second-order valence-corrected chi connectivity index (χ2v) is 4.25. The van der Waals surface area contributed by atoms with Gasteiger partial charge in [-0.3, -0.25) is 0 Å². The van der Waals surface area contributed by atoms with Gasteiger partial charge in [0.15, 0.2) is 0 Å². The van der Waals surface area contributed by atoms with Gasteiger partial charge in [0.05, 0.1) is 7.11 Å². The van der Waals surface area contributed by atoms with Crippen molar-refractivity contribution in [3.63, 3.8) is 0 Å². The van der Waals surface area contributed by atoms with Crippen molar-refractivity contribution in [1.82, 2.24) is 0 Å². The summed E-state index contributed by atoms with van der Waals surface area (Å²) in [6.07, 6.45) is 1.67. The summed E-state index contributed by atoms with van der Waals surface area (Å²) in [7, 11) is 1.47. The molecule has 19 heavy (non-hydrogen) atoms. The monoisotopic (exact) mass is 255 g/mol. The van der Waals surface area contributed by atoms with E-state index in [0.717, 1.165) is 18.4 Å². The Balaban J connectivity index is 2.13. The molecule has 3 heteroatoms. The van der Waals surface area contributed by atoms with Crippen LogP contribution in [0.4, 0.5) is 0 Å². The molecule has 0 fully saturated rings. The lowest BCUT2D eigenvalue weighted by molar-refractivity contribution is 0.0693. The lowest BCUT2D eigenvalue weighted by atomic mass is 10.0. The van der Waals surface area contributed by atoms with Crippen LogP contribution in [0.5, 0.6) is 5.75 Å². The average Bonchev–Trinajstić information content (AvgIpc) is 2.46. The fraction of sp³-hybridized carbons (Fsp3) is 0.188. The first-order chi connectivity index (χ1) is 9.20. The molecule has 3 nitrogen and oxygen atoms in total. The Morgan fingerprint density at radius 2 is 1.84 bits per heavy atom. The van der Waals surface area contributed by atoms with Crippen LogP contribution < -0.4 is 4.74 Å². The van der Waals surface area contributed by atoms with Crippen LogP contribution in [0.15, 0.2) is 42.5 Å². The zero-order valence-electron chi connectivity index (χ0n) is 10.7. The number of hydrogen-bond donors (Lipinski definition) is 1. The highest BCUT2D eigenvalue weighted by Crippen LogP contribution is 2.20. The topological polar surface area (TPSA) is 46.5 Å². The van der Waals surface area contributed by atoms with Crippen LogP contribution in [0.25, 0.3) is 0 Å². The van der Waals surface area contributed by atoms with Crippen LogP contribution in [0.1, 0.15) is 21.5 Å². The van der Waals surface area contributed by atoms with E-state index in [0.29, 0.717) is 5.75 Å². The second kappa shape index (κ2) is 6.05. The van der Waals surface area contributed by atoms with Gasteiger partial charge in [0.1, 0.15) is 11.3 Å². The van der Waals surface area contributed by atoms with E-state index >= 15 is 0 Å².